The topological polar surface area (TPSA) is 89.5 Å². The molecule has 9 rings (SSSR count). The predicted octanol–water partition coefficient (Wildman–Crippen LogP) is 2.50. The molecule has 186 valence electrons. The van der Waals surface area contributed by atoms with Gasteiger partial charge in [-0.1, -0.05) is 12.1 Å². The summed E-state index contributed by atoms with van der Waals surface area (Å²) >= 11 is 0. The van der Waals surface area contributed by atoms with E-state index in [1.807, 2.05) is 30.7 Å². The Labute approximate surface area is 211 Å². The van der Waals surface area contributed by atoms with E-state index in [4.69, 9.17) is 0 Å². The lowest BCUT2D eigenvalue weighted by atomic mass is 10.0. The molecule has 2 saturated heterocycles. The molecule has 2 N–H and O–H groups in total. The molecule has 1 atom stereocenters. The van der Waals surface area contributed by atoms with Gasteiger partial charge in [-0.2, -0.15) is 0 Å². The maximum absolute atomic E-state index is 12.5. The Bertz CT molecular complexity index is 1210. The highest BCUT2D eigenvalue weighted by Gasteiger charge is 2.30. The molecule has 36 heavy (non-hydrogen) atoms. The second kappa shape index (κ2) is 10.2. The Balaban J connectivity index is 1.25. The Morgan fingerprint density at radius 3 is 2.42 bits per heavy atom. The number of carbonyl (C=O) groups is 1. The van der Waals surface area contributed by atoms with Gasteiger partial charge in [-0.3, -0.25) is 14.6 Å². The van der Waals surface area contributed by atoms with E-state index < -0.39 is 0 Å². The second-order valence-corrected chi connectivity index (χ2v) is 9.85. The van der Waals surface area contributed by atoms with Crippen molar-refractivity contribution in [1.29, 1.82) is 0 Å². The quantitative estimate of drug-likeness (QED) is 0.503. The minimum atomic E-state index is 0.113. The molecule has 1 amide bonds. The highest BCUT2D eigenvalue weighted by molar-refractivity contribution is 5.78. The van der Waals surface area contributed by atoms with Crippen LogP contribution in [0.2, 0.25) is 0 Å². The van der Waals surface area contributed by atoms with Crippen molar-refractivity contribution < 1.29 is 4.79 Å². The predicted molar refractivity (Wildman–Crippen MR) is 140 cm³/mol. The Morgan fingerprint density at radius 2 is 1.64 bits per heavy atom. The Kier molecular flexibility index (Phi) is 6.48. The molecule has 6 aliphatic heterocycles. The molecule has 8 bridgehead atoms. The summed E-state index contributed by atoms with van der Waals surface area (Å²) in [6, 6.07) is 12.9. The van der Waals surface area contributed by atoms with Crippen molar-refractivity contribution in [3.8, 4) is 11.1 Å². The molecular weight excluding hydrogens is 452 g/mol. The highest BCUT2D eigenvalue weighted by atomic mass is 16.2. The molecule has 0 radical (unpaired) electrons. The van der Waals surface area contributed by atoms with Crippen molar-refractivity contribution >= 4 is 23.4 Å². The van der Waals surface area contributed by atoms with Crippen LogP contribution in [0.4, 0.5) is 17.5 Å². The van der Waals surface area contributed by atoms with Crippen LogP contribution >= 0.6 is 0 Å². The molecule has 0 aliphatic carbocycles. The van der Waals surface area contributed by atoms with E-state index in [1.54, 1.807) is 0 Å². The zero-order valence-electron chi connectivity index (χ0n) is 20.4. The zero-order valence-corrected chi connectivity index (χ0v) is 20.4. The van der Waals surface area contributed by atoms with Crippen LogP contribution in [0.15, 0.2) is 55.0 Å². The van der Waals surface area contributed by atoms with Gasteiger partial charge in [0.05, 0.1) is 6.54 Å². The fourth-order valence-corrected chi connectivity index (χ4v) is 5.20. The van der Waals surface area contributed by atoms with Crippen molar-refractivity contribution in [3.63, 3.8) is 0 Å². The minimum Gasteiger partial charge on any atom is -0.355 e. The molecule has 1 aromatic carbocycles. The normalized spacial score (nSPS) is 24.3. The van der Waals surface area contributed by atoms with Gasteiger partial charge in [0.15, 0.2) is 0 Å². The van der Waals surface area contributed by atoms with Crippen LogP contribution in [0.3, 0.4) is 0 Å². The molecular formula is C27H32N8O. The largest absolute Gasteiger partial charge is 0.355 e. The van der Waals surface area contributed by atoms with Crippen molar-refractivity contribution in [1.82, 2.24) is 30.1 Å². The first-order chi connectivity index (χ1) is 17.7. The van der Waals surface area contributed by atoms with Gasteiger partial charge >= 0.3 is 0 Å². The fraction of sp³-hybridized carbons (Fsp3) is 0.407. The van der Waals surface area contributed by atoms with Gasteiger partial charge in [-0.05, 0) is 48.2 Å². The van der Waals surface area contributed by atoms with E-state index in [9.17, 15) is 4.79 Å². The third-order valence-electron chi connectivity index (χ3n) is 7.37. The van der Waals surface area contributed by atoms with Crippen molar-refractivity contribution in [3.05, 3.63) is 60.6 Å². The molecule has 9 heteroatoms. The molecule has 9 nitrogen and oxygen atoms in total. The van der Waals surface area contributed by atoms with Crippen LogP contribution in [-0.2, 0) is 11.3 Å². The van der Waals surface area contributed by atoms with Crippen LogP contribution in [0.5, 0.6) is 0 Å². The third kappa shape index (κ3) is 5.17. The van der Waals surface area contributed by atoms with Crippen LogP contribution < -0.4 is 15.5 Å². The number of nitrogens with one attached hydrogen (secondary N) is 2. The molecule has 0 spiro atoms. The van der Waals surface area contributed by atoms with Crippen molar-refractivity contribution in [2.24, 2.45) is 0 Å². The minimum absolute atomic E-state index is 0.113. The molecule has 3 aromatic rings. The number of anilines is 3. The number of amides is 1. The average molecular weight is 485 g/mol. The van der Waals surface area contributed by atoms with Crippen LogP contribution in [0, 0.1) is 0 Å². The standard InChI is InChI=1S/C27H32N8O/c36-26-19-34-12-10-33(11-13-34)18-20-2-1-3-23(14-20)32-25-15-21(4-7-28-25)22-16-30-27(31-17-22)35-9-6-24(35)5-8-29-26/h1-4,7,14-17,24H,5-6,8-13,18-19H2,(H,28,32)(H,29,36). The van der Waals surface area contributed by atoms with E-state index >= 15 is 0 Å². The Hall–Kier alpha value is -3.56. The van der Waals surface area contributed by atoms with Crippen LogP contribution in [-0.4, -0.2) is 82.5 Å². The fourth-order valence-electron chi connectivity index (χ4n) is 5.20. The lowest BCUT2D eigenvalue weighted by molar-refractivity contribution is -0.122. The summed E-state index contributed by atoms with van der Waals surface area (Å²) in [5.41, 5.74) is 4.25. The lowest BCUT2D eigenvalue weighted by Gasteiger charge is -2.41. The van der Waals surface area contributed by atoms with E-state index in [2.05, 4.69) is 64.6 Å². The highest BCUT2D eigenvalue weighted by Crippen LogP contribution is 2.27. The number of aromatic nitrogens is 3. The number of hydrogen-bond donors (Lipinski definition) is 2. The summed E-state index contributed by atoms with van der Waals surface area (Å²) in [4.78, 5) is 33.3. The Morgan fingerprint density at radius 1 is 0.833 bits per heavy atom. The summed E-state index contributed by atoms with van der Waals surface area (Å²) in [6.07, 6.45) is 7.59. The number of piperazine rings is 1. The third-order valence-corrected chi connectivity index (χ3v) is 7.37. The molecule has 2 aromatic heterocycles. The average Bonchev–Trinajstić information content (AvgIpc) is 2.87. The van der Waals surface area contributed by atoms with Gasteiger partial charge < -0.3 is 15.5 Å². The molecule has 6 aliphatic rings. The van der Waals surface area contributed by atoms with Gasteiger partial charge in [-0.25, -0.2) is 15.0 Å². The van der Waals surface area contributed by atoms with E-state index in [0.717, 1.165) is 80.7 Å². The van der Waals surface area contributed by atoms with E-state index in [1.165, 1.54) is 5.56 Å². The smallest absolute Gasteiger partial charge is 0.234 e. The molecule has 0 saturated carbocycles. The number of pyridine rings is 1. The number of nitrogens with zero attached hydrogens (tertiary/aromatic N) is 6. The SMILES string of the molecule is O=C1CN2CCN(CC2)Cc2cccc(c2)Nc2cc(ccn2)-c2cnc(nc2)N2CCC2CCN1. The van der Waals surface area contributed by atoms with Gasteiger partial charge in [0, 0.05) is 81.7 Å². The van der Waals surface area contributed by atoms with Gasteiger partial charge in [0.1, 0.15) is 5.82 Å². The number of benzene rings is 1. The monoisotopic (exact) mass is 484 g/mol. The number of carbonyl (C=O) groups excluding carboxylic acids is 1. The first kappa shape index (κ1) is 22.9. The molecule has 2 fully saturated rings. The summed E-state index contributed by atoms with van der Waals surface area (Å²) in [7, 11) is 0. The first-order valence-electron chi connectivity index (χ1n) is 12.8. The first-order valence-corrected chi connectivity index (χ1v) is 12.8. The van der Waals surface area contributed by atoms with E-state index in [-0.39, 0.29) is 5.91 Å². The van der Waals surface area contributed by atoms with Crippen molar-refractivity contribution in [2.45, 2.75) is 25.4 Å². The molecule has 8 heterocycles. The summed E-state index contributed by atoms with van der Waals surface area (Å²) in [6.45, 7) is 6.73. The number of rotatable bonds is 0. The zero-order chi connectivity index (χ0) is 24.3. The lowest BCUT2D eigenvalue weighted by Crippen LogP contribution is -2.51. The maximum atomic E-state index is 12.5. The summed E-state index contributed by atoms with van der Waals surface area (Å²) in [5, 5.41) is 6.58. The summed E-state index contributed by atoms with van der Waals surface area (Å²) in [5.74, 6) is 1.66. The van der Waals surface area contributed by atoms with Gasteiger partial charge in [0.2, 0.25) is 11.9 Å². The number of hydrogen-bond acceptors (Lipinski definition) is 8. The second-order valence-electron chi connectivity index (χ2n) is 9.85. The van der Waals surface area contributed by atoms with Gasteiger partial charge in [0.25, 0.3) is 0 Å². The van der Waals surface area contributed by atoms with Crippen LogP contribution in [0.1, 0.15) is 18.4 Å². The van der Waals surface area contributed by atoms with Crippen molar-refractivity contribution in [2.75, 3.05) is 56.0 Å². The van der Waals surface area contributed by atoms with Crippen LogP contribution in [0.25, 0.3) is 11.1 Å². The maximum Gasteiger partial charge on any atom is 0.234 e. The van der Waals surface area contributed by atoms with E-state index in [0.29, 0.717) is 19.1 Å². The molecule has 1 unspecified atom stereocenters. The van der Waals surface area contributed by atoms with Gasteiger partial charge in [-0.15, -0.1) is 0 Å². The summed E-state index contributed by atoms with van der Waals surface area (Å²) < 4.78 is 0.